The minimum atomic E-state index is -3.84. The molecule has 0 N–H and O–H groups in total. The third-order valence-corrected chi connectivity index (χ3v) is 7.30. The van der Waals surface area contributed by atoms with Crippen LogP contribution in [0.4, 0.5) is 5.69 Å². The lowest BCUT2D eigenvalue weighted by molar-refractivity contribution is 0.0988. The normalized spacial score (nSPS) is 20.2. The fourth-order valence-corrected chi connectivity index (χ4v) is 5.92. The predicted molar refractivity (Wildman–Crippen MR) is 123 cm³/mol. The van der Waals surface area contributed by atoms with Crippen LogP contribution in [0.15, 0.2) is 60.7 Å². The molecule has 0 aromatic heterocycles. The van der Waals surface area contributed by atoms with Gasteiger partial charge < -0.3 is 23.2 Å². The van der Waals surface area contributed by atoms with Crippen molar-refractivity contribution in [1.82, 2.24) is 0 Å². The molecule has 3 aromatic carbocycles. The van der Waals surface area contributed by atoms with E-state index in [9.17, 15) is 9.36 Å². The van der Waals surface area contributed by atoms with Crippen LogP contribution in [0.1, 0.15) is 27.0 Å². The van der Waals surface area contributed by atoms with Gasteiger partial charge in [0.15, 0.2) is 17.3 Å². The molecule has 6 rings (SSSR count). The van der Waals surface area contributed by atoms with E-state index in [1.54, 1.807) is 0 Å². The lowest BCUT2D eigenvalue weighted by Gasteiger charge is -2.32. The molecule has 1 fully saturated rings. The lowest BCUT2D eigenvalue weighted by Crippen LogP contribution is -2.37. The summed E-state index contributed by atoms with van der Waals surface area (Å²) in [5, 5.41) is 0. The number of morpholine rings is 1. The maximum Gasteiger partial charge on any atom is 0.647 e. The van der Waals surface area contributed by atoms with Crippen molar-refractivity contribution in [3.8, 4) is 17.2 Å². The molecule has 7 nitrogen and oxygen atoms in total. The molecule has 1 atom stereocenters. The lowest BCUT2D eigenvalue weighted by atomic mass is 9.93. The van der Waals surface area contributed by atoms with Crippen molar-refractivity contribution >= 4 is 19.3 Å². The third-order valence-electron chi connectivity index (χ3n) is 6.08. The minimum Gasteiger partial charge on any atom is -0.385 e. The van der Waals surface area contributed by atoms with Crippen molar-refractivity contribution in [1.29, 1.82) is 0 Å². The minimum absolute atomic E-state index is 0.160. The quantitative estimate of drug-likeness (QED) is 0.384. The summed E-state index contributed by atoms with van der Waals surface area (Å²) in [5.74, 6) is 0.724. The van der Waals surface area contributed by atoms with Crippen LogP contribution in [0.3, 0.4) is 0 Å². The molecule has 168 valence electrons. The molecular formula is C25H22NO6P. The Morgan fingerprint density at radius 1 is 0.818 bits per heavy atom. The van der Waals surface area contributed by atoms with Gasteiger partial charge in [0.25, 0.3) is 0 Å². The number of phosphoric ester groups is 1. The van der Waals surface area contributed by atoms with E-state index in [4.69, 9.17) is 18.3 Å². The molecule has 0 spiro atoms. The molecule has 33 heavy (non-hydrogen) atoms. The summed E-state index contributed by atoms with van der Waals surface area (Å²) < 4.78 is 35.9. The zero-order chi connectivity index (χ0) is 22.4. The zero-order valence-electron chi connectivity index (χ0n) is 17.9. The number of rotatable bonds is 6. The van der Waals surface area contributed by atoms with Gasteiger partial charge >= 0.3 is 7.82 Å². The largest absolute Gasteiger partial charge is 0.647 e. The Morgan fingerprint density at radius 2 is 1.42 bits per heavy atom. The number of ketones is 1. The second-order valence-electron chi connectivity index (χ2n) is 8.26. The Morgan fingerprint density at radius 3 is 2.12 bits per heavy atom. The van der Waals surface area contributed by atoms with Gasteiger partial charge in [0.1, 0.15) is 5.56 Å². The first-order valence-corrected chi connectivity index (χ1v) is 12.4. The van der Waals surface area contributed by atoms with Gasteiger partial charge in [0.05, 0.1) is 18.9 Å². The number of benzene rings is 3. The Hall–Kier alpha value is -3.28. The second-order valence-corrected chi connectivity index (χ2v) is 9.70. The molecule has 3 aromatic rings. The van der Waals surface area contributed by atoms with E-state index in [-0.39, 0.29) is 18.0 Å². The van der Waals surface area contributed by atoms with Crippen LogP contribution in [-0.4, -0.2) is 32.1 Å². The standard InChI is InChI=1S/C25H22NO6P/c27-20(16-18-9-5-2-6-10-18)21-23-19(15-17-7-3-1-4-8-17)22(26-11-13-29-14-12-26)25-24(21)31-33(28,30-23)32-25/h1-10H,11-16H2. The smallest absolute Gasteiger partial charge is 0.385 e. The third kappa shape index (κ3) is 3.58. The molecule has 1 unspecified atom stereocenters. The summed E-state index contributed by atoms with van der Waals surface area (Å²) in [7, 11) is -3.84. The number of anilines is 1. The summed E-state index contributed by atoms with van der Waals surface area (Å²) in [6, 6.07) is 19.4. The van der Waals surface area contributed by atoms with Crippen molar-refractivity contribution in [3.63, 3.8) is 0 Å². The average Bonchev–Trinajstić information content (AvgIpc) is 3.05. The summed E-state index contributed by atoms with van der Waals surface area (Å²) in [6.07, 6.45) is 0.685. The Labute approximate surface area is 191 Å². The van der Waals surface area contributed by atoms with Crippen molar-refractivity contribution < 1.29 is 27.7 Å². The van der Waals surface area contributed by atoms with Crippen molar-refractivity contribution in [2.24, 2.45) is 0 Å². The van der Waals surface area contributed by atoms with E-state index in [0.717, 1.165) is 22.4 Å². The first kappa shape index (κ1) is 20.3. The average molecular weight is 463 g/mol. The molecule has 3 bridgehead atoms. The van der Waals surface area contributed by atoms with Gasteiger partial charge in [-0.05, 0) is 11.1 Å². The van der Waals surface area contributed by atoms with Crippen LogP contribution in [-0.2, 0) is 22.1 Å². The molecule has 1 saturated heterocycles. The number of carbonyl (C=O) groups is 1. The van der Waals surface area contributed by atoms with Gasteiger partial charge in [0.2, 0.25) is 5.75 Å². The van der Waals surface area contributed by atoms with Gasteiger partial charge in [-0.25, -0.2) is 0 Å². The molecule has 0 aliphatic carbocycles. The molecule has 3 aliphatic heterocycles. The Kier molecular flexibility index (Phi) is 4.89. The highest BCUT2D eigenvalue weighted by Crippen LogP contribution is 2.70. The number of hydrogen-bond acceptors (Lipinski definition) is 7. The van der Waals surface area contributed by atoms with Crippen molar-refractivity contribution in [3.05, 3.63) is 82.9 Å². The maximum absolute atomic E-state index is 13.5. The van der Waals surface area contributed by atoms with Gasteiger partial charge in [-0.3, -0.25) is 4.79 Å². The predicted octanol–water partition coefficient (Wildman–Crippen LogP) is 4.81. The van der Waals surface area contributed by atoms with Gasteiger partial charge in [-0.2, -0.15) is 4.57 Å². The first-order valence-electron chi connectivity index (χ1n) is 11.0. The fourth-order valence-electron chi connectivity index (χ4n) is 4.59. The second kappa shape index (κ2) is 7.94. The molecular weight excluding hydrogens is 441 g/mol. The number of carbonyl (C=O) groups excluding carboxylic acids is 1. The highest BCUT2D eigenvalue weighted by molar-refractivity contribution is 7.50. The Bertz CT molecular complexity index is 1270. The van der Waals surface area contributed by atoms with Crippen LogP contribution in [0.5, 0.6) is 17.2 Å². The summed E-state index contributed by atoms with van der Waals surface area (Å²) >= 11 is 0. The van der Waals surface area contributed by atoms with E-state index in [1.807, 2.05) is 60.7 Å². The molecule has 0 amide bonds. The summed E-state index contributed by atoms with van der Waals surface area (Å²) in [4.78, 5) is 15.6. The van der Waals surface area contributed by atoms with Crippen LogP contribution in [0.2, 0.25) is 0 Å². The van der Waals surface area contributed by atoms with Gasteiger partial charge in [-0.1, -0.05) is 60.7 Å². The zero-order valence-corrected chi connectivity index (χ0v) is 18.8. The van der Waals surface area contributed by atoms with E-state index >= 15 is 0 Å². The number of Topliss-reactive ketones (excluding diaryl/α,β-unsaturated/α-hetero) is 1. The summed E-state index contributed by atoms with van der Waals surface area (Å²) in [6.45, 7) is 2.45. The van der Waals surface area contributed by atoms with Crippen LogP contribution in [0, 0.1) is 0 Å². The van der Waals surface area contributed by atoms with Crippen LogP contribution in [0.25, 0.3) is 0 Å². The monoisotopic (exact) mass is 463 g/mol. The van der Waals surface area contributed by atoms with Gasteiger partial charge in [-0.15, -0.1) is 0 Å². The van der Waals surface area contributed by atoms with Crippen molar-refractivity contribution in [2.45, 2.75) is 12.8 Å². The van der Waals surface area contributed by atoms with E-state index < -0.39 is 7.82 Å². The van der Waals surface area contributed by atoms with E-state index in [0.29, 0.717) is 49.8 Å². The van der Waals surface area contributed by atoms with Gasteiger partial charge in [0, 0.05) is 31.5 Å². The van der Waals surface area contributed by atoms with Crippen LogP contribution < -0.4 is 18.5 Å². The van der Waals surface area contributed by atoms with Crippen LogP contribution >= 0.6 is 7.82 Å². The number of nitrogens with zero attached hydrogens (tertiary/aromatic N) is 1. The number of hydrogen-bond donors (Lipinski definition) is 0. The molecule has 3 heterocycles. The van der Waals surface area contributed by atoms with E-state index in [1.165, 1.54) is 0 Å². The maximum atomic E-state index is 13.5. The first-order chi connectivity index (χ1) is 16.1. The Balaban J connectivity index is 1.52. The number of phosphoric acid groups is 1. The number of ether oxygens (including phenoxy) is 1. The van der Waals surface area contributed by atoms with Crippen molar-refractivity contribution in [2.75, 3.05) is 31.2 Å². The topological polar surface area (TPSA) is 74.3 Å². The summed E-state index contributed by atoms with van der Waals surface area (Å²) in [5.41, 5.74) is 3.81. The fraction of sp³-hybridized carbons (Fsp3) is 0.240. The highest BCUT2D eigenvalue weighted by atomic mass is 31.2. The van der Waals surface area contributed by atoms with E-state index in [2.05, 4.69) is 4.90 Å². The number of fused-ring (bicyclic) bond motifs is 2. The highest BCUT2D eigenvalue weighted by Gasteiger charge is 2.53. The molecule has 0 radical (unpaired) electrons. The SMILES string of the molecule is O=C(Cc1ccccc1)c1c2c(Cc3ccccc3)c(N3CCOCC3)c3c1OP(=O)(O2)O3. The molecule has 3 aliphatic rings. The molecule has 8 heteroatoms. The molecule has 0 saturated carbocycles.